The third-order valence-electron chi connectivity index (χ3n) is 3.11. The van der Waals surface area contributed by atoms with Crippen LogP contribution in [0.25, 0.3) is 0 Å². The van der Waals surface area contributed by atoms with Crippen LogP contribution in [0, 0.1) is 0 Å². The number of amides is 2. The number of carbonyl (C=O) groups is 1. The monoisotopic (exact) mass is 294 g/mol. The highest BCUT2D eigenvalue weighted by Gasteiger charge is 2.20. The molecule has 0 radical (unpaired) electrons. The summed E-state index contributed by atoms with van der Waals surface area (Å²) in [5.74, 6) is 0.829. The minimum Gasteiger partial charge on any atom is -0.496 e. The van der Waals surface area contributed by atoms with Gasteiger partial charge in [-0.3, -0.25) is 0 Å². The molecule has 5 heteroatoms. The fraction of sp³-hybridized carbons (Fsp3) is 0.562. The number of aliphatic hydroxyl groups is 1. The summed E-state index contributed by atoms with van der Waals surface area (Å²) in [5, 5.41) is 12.7. The highest BCUT2D eigenvalue weighted by molar-refractivity contribution is 5.74. The molecule has 0 atom stereocenters. The first-order valence-electron chi connectivity index (χ1n) is 7.24. The number of benzene rings is 1. The van der Waals surface area contributed by atoms with Gasteiger partial charge in [0.2, 0.25) is 0 Å². The predicted octanol–water partition coefficient (Wildman–Crippen LogP) is 2.04. The first-order valence-corrected chi connectivity index (χ1v) is 7.24. The number of para-hydroxylation sites is 1. The Morgan fingerprint density at radius 1 is 1.38 bits per heavy atom. The number of hydrogen-bond acceptors (Lipinski definition) is 3. The number of nitrogens with zero attached hydrogens (tertiary/aromatic N) is 1. The standard InChI is InChI=1S/C16H26N2O3/c1-5-18(12-16(2,3)20)15(19)17-11-10-13-8-6-7-9-14(13)21-4/h6-9,20H,5,10-12H2,1-4H3,(H,17,19). The van der Waals surface area contributed by atoms with E-state index in [0.29, 0.717) is 26.1 Å². The molecule has 0 aliphatic carbocycles. The van der Waals surface area contributed by atoms with Crippen LogP contribution in [-0.2, 0) is 6.42 Å². The molecule has 1 aromatic rings. The van der Waals surface area contributed by atoms with Crippen molar-refractivity contribution in [2.75, 3.05) is 26.7 Å². The molecule has 118 valence electrons. The number of hydrogen-bond donors (Lipinski definition) is 2. The first-order chi connectivity index (χ1) is 9.87. The van der Waals surface area contributed by atoms with Crippen LogP contribution >= 0.6 is 0 Å². The highest BCUT2D eigenvalue weighted by Crippen LogP contribution is 2.17. The van der Waals surface area contributed by atoms with E-state index in [4.69, 9.17) is 4.74 Å². The van der Waals surface area contributed by atoms with Crippen molar-refractivity contribution >= 4 is 6.03 Å². The van der Waals surface area contributed by atoms with Gasteiger partial charge in [0.1, 0.15) is 5.75 Å². The molecule has 0 saturated carbocycles. The minimum absolute atomic E-state index is 0.158. The Balaban J connectivity index is 2.49. The number of nitrogens with one attached hydrogen (secondary N) is 1. The van der Waals surface area contributed by atoms with Crippen LogP contribution in [0.2, 0.25) is 0 Å². The van der Waals surface area contributed by atoms with Gasteiger partial charge < -0.3 is 20.1 Å². The highest BCUT2D eigenvalue weighted by atomic mass is 16.5. The molecule has 5 nitrogen and oxygen atoms in total. The maximum Gasteiger partial charge on any atom is 0.317 e. The Morgan fingerprint density at radius 3 is 2.62 bits per heavy atom. The Labute approximate surface area is 126 Å². The van der Waals surface area contributed by atoms with Gasteiger partial charge >= 0.3 is 6.03 Å². The molecular formula is C16H26N2O3. The van der Waals surface area contributed by atoms with Crippen LogP contribution < -0.4 is 10.1 Å². The Kier molecular flexibility index (Phi) is 6.49. The Bertz CT molecular complexity index is 455. The van der Waals surface area contributed by atoms with Crippen LogP contribution in [0.15, 0.2) is 24.3 Å². The zero-order valence-corrected chi connectivity index (χ0v) is 13.3. The summed E-state index contributed by atoms with van der Waals surface area (Å²) < 4.78 is 5.28. The average Bonchev–Trinajstić information content (AvgIpc) is 2.44. The molecule has 0 unspecified atom stereocenters. The van der Waals surface area contributed by atoms with E-state index in [9.17, 15) is 9.90 Å². The normalized spacial score (nSPS) is 11.1. The molecule has 0 saturated heterocycles. The molecule has 1 rings (SSSR count). The van der Waals surface area contributed by atoms with Crippen molar-refractivity contribution in [1.82, 2.24) is 10.2 Å². The van der Waals surface area contributed by atoms with Crippen molar-refractivity contribution in [1.29, 1.82) is 0 Å². The Morgan fingerprint density at radius 2 is 2.05 bits per heavy atom. The maximum absolute atomic E-state index is 12.1. The van der Waals surface area contributed by atoms with E-state index < -0.39 is 5.60 Å². The molecule has 2 amide bonds. The van der Waals surface area contributed by atoms with E-state index in [0.717, 1.165) is 11.3 Å². The average molecular weight is 294 g/mol. The zero-order valence-electron chi connectivity index (χ0n) is 13.3. The van der Waals surface area contributed by atoms with Gasteiger partial charge in [-0.05, 0) is 38.8 Å². The number of rotatable bonds is 7. The lowest BCUT2D eigenvalue weighted by Gasteiger charge is -2.28. The number of likely N-dealkylation sites (N-methyl/N-ethyl adjacent to an activating group) is 1. The van der Waals surface area contributed by atoms with Gasteiger partial charge in [-0.15, -0.1) is 0 Å². The van der Waals surface area contributed by atoms with Crippen LogP contribution in [0.1, 0.15) is 26.3 Å². The fourth-order valence-corrected chi connectivity index (χ4v) is 2.12. The summed E-state index contributed by atoms with van der Waals surface area (Å²) in [4.78, 5) is 13.7. The molecule has 0 aromatic heterocycles. The first kappa shape index (κ1) is 17.3. The number of carbonyl (C=O) groups excluding carboxylic acids is 1. The lowest BCUT2D eigenvalue weighted by atomic mass is 10.1. The lowest BCUT2D eigenvalue weighted by molar-refractivity contribution is 0.0480. The van der Waals surface area contributed by atoms with Crippen molar-refractivity contribution < 1.29 is 14.6 Å². The quantitative estimate of drug-likeness (QED) is 0.809. The third kappa shape index (κ3) is 6.04. The number of urea groups is 1. The molecule has 0 fully saturated rings. The fourth-order valence-electron chi connectivity index (χ4n) is 2.12. The summed E-state index contributed by atoms with van der Waals surface area (Å²) >= 11 is 0. The van der Waals surface area contributed by atoms with Gasteiger partial charge in [0, 0.05) is 13.1 Å². The van der Waals surface area contributed by atoms with E-state index in [2.05, 4.69) is 5.32 Å². The van der Waals surface area contributed by atoms with Crippen LogP contribution in [0.3, 0.4) is 0 Å². The van der Waals surface area contributed by atoms with E-state index in [1.54, 1.807) is 25.9 Å². The maximum atomic E-state index is 12.1. The van der Waals surface area contributed by atoms with Gasteiger partial charge in [-0.2, -0.15) is 0 Å². The van der Waals surface area contributed by atoms with Crippen LogP contribution in [0.4, 0.5) is 4.79 Å². The molecule has 0 aliphatic rings. The summed E-state index contributed by atoms with van der Waals surface area (Å²) in [7, 11) is 1.64. The van der Waals surface area contributed by atoms with Gasteiger partial charge in [0.25, 0.3) is 0 Å². The summed E-state index contributed by atoms with van der Waals surface area (Å²) in [6.07, 6.45) is 0.704. The van der Waals surface area contributed by atoms with E-state index in [1.807, 2.05) is 31.2 Å². The largest absolute Gasteiger partial charge is 0.496 e. The summed E-state index contributed by atoms with van der Waals surface area (Å²) in [6.45, 7) is 6.68. The second kappa shape index (κ2) is 7.88. The van der Waals surface area contributed by atoms with Crippen molar-refractivity contribution in [3.8, 4) is 5.75 Å². The van der Waals surface area contributed by atoms with E-state index >= 15 is 0 Å². The molecule has 0 spiro atoms. The molecule has 2 N–H and O–H groups in total. The molecule has 0 aliphatic heterocycles. The summed E-state index contributed by atoms with van der Waals surface area (Å²) in [6, 6.07) is 7.60. The van der Waals surface area contributed by atoms with Crippen molar-refractivity contribution in [2.24, 2.45) is 0 Å². The lowest BCUT2D eigenvalue weighted by Crippen LogP contribution is -2.47. The van der Waals surface area contributed by atoms with Gasteiger partial charge in [0.15, 0.2) is 0 Å². The van der Waals surface area contributed by atoms with Gasteiger partial charge in [-0.1, -0.05) is 18.2 Å². The van der Waals surface area contributed by atoms with Crippen molar-refractivity contribution in [3.63, 3.8) is 0 Å². The van der Waals surface area contributed by atoms with Crippen LogP contribution in [-0.4, -0.2) is 48.4 Å². The zero-order chi connectivity index (χ0) is 15.9. The van der Waals surface area contributed by atoms with Gasteiger partial charge in [0.05, 0.1) is 19.3 Å². The topological polar surface area (TPSA) is 61.8 Å². The predicted molar refractivity (Wildman–Crippen MR) is 83.6 cm³/mol. The van der Waals surface area contributed by atoms with Crippen LogP contribution in [0.5, 0.6) is 5.75 Å². The van der Waals surface area contributed by atoms with Gasteiger partial charge in [-0.25, -0.2) is 4.79 Å². The molecule has 21 heavy (non-hydrogen) atoms. The summed E-state index contributed by atoms with van der Waals surface area (Å²) in [5.41, 5.74) is 0.168. The molecule has 1 aromatic carbocycles. The van der Waals surface area contributed by atoms with Crippen molar-refractivity contribution in [3.05, 3.63) is 29.8 Å². The second-order valence-corrected chi connectivity index (χ2v) is 5.62. The van der Waals surface area contributed by atoms with Crippen molar-refractivity contribution in [2.45, 2.75) is 32.8 Å². The number of methoxy groups -OCH3 is 1. The third-order valence-corrected chi connectivity index (χ3v) is 3.11. The molecular weight excluding hydrogens is 268 g/mol. The SMILES string of the molecule is CCN(CC(C)(C)O)C(=O)NCCc1ccccc1OC. The second-order valence-electron chi connectivity index (χ2n) is 5.62. The van der Waals surface area contributed by atoms with E-state index in [-0.39, 0.29) is 6.03 Å². The smallest absolute Gasteiger partial charge is 0.317 e. The molecule has 0 heterocycles. The molecule has 0 bridgehead atoms. The Hall–Kier alpha value is -1.75. The number of ether oxygens (including phenoxy) is 1. The van der Waals surface area contributed by atoms with E-state index in [1.165, 1.54) is 0 Å². The minimum atomic E-state index is -0.893.